The van der Waals surface area contributed by atoms with Crippen LogP contribution in [0.5, 0.6) is 0 Å². The normalized spacial score (nSPS) is 11.1. The summed E-state index contributed by atoms with van der Waals surface area (Å²) in [7, 11) is 5.48. The minimum absolute atomic E-state index is 0.0355. The van der Waals surface area contributed by atoms with Crippen molar-refractivity contribution >= 4 is 7.85 Å². The summed E-state index contributed by atoms with van der Waals surface area (Å²) in [6, 6.07) is 0. The first-order valence-corrected chi connectivity index (χ1v) is 6.28. The zero-order valence-corrected chi connectivity index (χ0v) is 10.3. The van der Waals surface area contributed by atoms with Gasteiger partial charge in [0, 0.05) is 13.2 Å². The molecule has 0 aliphatic heterocycles. The van der Waals surface area contributed by atoms with E-state index in [0.717, 1.165) is 38.9 Å². The Labute approximate surface area is 96.1 Å². The molecule has 0 spiro atoms. The lowest BCUT2D eigenvalue weighted by Crippen LogP contribution is -2.18. The van der Waals surface area contributed by atoms with Crippen LogP contribution in [0.1, 0.15) is 52.4 Å². The third-order valence-corrected chi connectivity index (χ3v) is 2.25. The zero-order chi connectivity index (χ0) is 11.4. The van der Waals surface area contributed by atoms with Gasteiger partial charge in [-0.1, -0.05) is 39.4 Å². The molecule has 0 aromatic rings. The molecule has 2 nitrogen and oxygen atoms in total. The van der Waals surface area contributed by atoms with Crippen LogP contribution in [-0.2, 0) is 9.47 Å². The monoisotopic (exact) mass is 212 g/mol. The molecule has 0 amide bonds. The van der Waals surface area contributed by atoms with E-state index in [-0.39, 0.29) is 6.29 Å². The van der Waals surface area contributed by atoms with Gasteiger partial charge in [0.25, 0.3) is 0 Å². The summed E-state index contributed by atoms with van der Waals surface area (Å²) in [5, 5.41) is 0. The molecule has 0 unspecified atom stereocenters. The molecule has 3 heteroatoms. The molecule has 0 aromatic heterocycles. The molecular weight excluding hydrogens is 187 g/mol. The van der Waals surface area contributed by atoms with Crippen molar-refractivity contribution in [1.29, 1.82) is 0 Å². The van der Waals surface area contributed by atoms with Gasteiger partial charge in [-0.25, -0.2) is 0 Å². The highest BCUT2D eigenvalue weighted by Crippen LogP contribution is 2.08. The first-order valence-electron chi connectivity index (χ1n) is 6.28. The quantitative estimate of drug-likeness (QED) is 0.297. The maximum atomic E-state index is 5.65. The van der Waals surface area contributed by atoms with Crippen molar-refractivity contribution in [1.82, 2.24) is 0 Å². The Bertz CT molecular complexity index is 110. The van der Waals surface area contributed by atoms with Gasteiger partial charge in [0.1, 0.15) is 0 Å². The SMILES string of the molecule is [B]CCCC(OCCCC)OCCCC. The summed E-state index contributed by atoms with van der Waals surface area (Å²) < 4.78 is 11.3. The predicted octanol–water partition coefficient (Wildman–Crippen LogP) is 3.31. The maximum Gasteiger partial charge on any atom is 0.157 e. The fourth-order valence-corrected chi connectivity index (χ4v) is 1.22. The van der Waals surface area contributed by atoms with Crippen molar-refractivity contribution in [2.24, 2.45) is 0 Å². The Morgan fingerprint density at radius 2 is 1.47 bits per heavy atom. The molecule has 0 bridgehead atoms. The summed E-state index contributed by atoms with van der Waals surface area (Å²) >= 11 is 0. The lowest BCUT2D eigenvalue weighted by atomic mass is 10.0. The molecule has 0 atom stereocenters. The van der Waals surface area contributed by atoms with Gasteiger partial charge in [-0.15, -0.1) is 0 Å². The lowest BCUT2D eigenvalue weighted by molar-refractivity contribution is -0.147. The van der Waals surface area contributed by atoms with Crippen LogP contribution in [0.25, 0.3) is 0 Å². The van der Waals surface area contributed by atoms with Gasteiger partial charge >= 0.3 is 0 Å². The topological polar surface area (TPSA) is 18.5 Å². The Morgan fingerprint density at radius 3 is 1.87 bits per heavy atom. The molecule has 2 radical (unpaired) electrons. The second-order valence-corrected chi connectivity index (χ2v) is 3.81. The third-order valence-electron chi connectivity index (χ3n) is 2.25. The molecule has 0 aromatic carbocycles. The van der Waals surface area contributed by atoms with Crippen molar-refractivity contribution in [3.05, 3.63) is 0 Å². The molecule has 88 valence electrons. The highest BCUT2D eigenvalue weighted by atomic mass is 16.7. The molecule has 15 heavy (non-hydrogen) atoms. The van der Waals surface area contributed by atoms with E-state index in [2.05, 4.69) is 13.8 Å². The predicted molar refractivity (Wildman–Crippen MR) is 65.3 cm³/mol. The standard InChI is InChI=1S/C12H25BO2/c1-3-5-10-14-12(8-7-9-13)15-11-6-4-2/h12H,3-11H2,1-2H3. The Kier molecular flexibility index (Phi) is 12.0. The smallest absolute Gasteiger partial charge is 0.157 e. The highest BCUT2D eigenvalue weighted by molar-refractivity contribution is 6.08. The van der Waals surface area contributed by atoms with Crippen molar-refractivity contribution in [2.45, 2.75) is 65.0 Å². The fourth-order valence-electron chi connectivity index (χ4n) is 1.22. The van der Waals surface area contributed by atoms with E-state index in [1.54, 1.807) is 0 Å². The summed E-state index contributed by atoms with van der Waals surface area (Å²) in [6.45, 7) is 5.93. The molecule has 0 aliphatic carbocycles. The van der Waals surface area contributed by atoms with Gasteiger partial charge in [0.15, 0.2) is 6.29 Å². The van der Waals surface area contributed by atoms with E-state index in [1.807, 2.05) is 0 Å². The number of ether oxygens (including phenoxy) is 2. The van der Waals surface area contributed by atoms with Gasteiger partial charge in [0.2, 0.25) is 0 Å². The van der Waals surface area contributed by atoms with E-state index in [9.17, 15) is 0 Å². The minimum atomic E-state index is -0.0355. The van der Waals surface area contributed by atoms with Gasteiger partial charge in [0.05, 0.1) is 7.85 Å². The van der Waals surface area contributed by atoms with E-state index in [4.69, 9.17) is 17.3 Å². The average Bonchev–Trinajstić information content (AvgIpc) is 2.25. The van der Waals surface area contributed by atoms with E-state index < -0.39 is 0 Å². The fraction of sp³-hybridized carbons (Fsp3) is 1.00. The summed E-state index contributed by atoms with van der Waals surface area (Å²) in [6.07, 6.45) is 7.12. The van der Waals surface area contributed by atoms with Gasteiger partial charge in [-0.05, 0) is 19.3 Å². The summed E-state index contributed by atoms with van der Waals surface area (Å²) in [4.78, 5) is 0. The van der Waals surface area contributed by atoms with Gasteiger partial charge in [-0.2, -0.15) is 0 Å². The molecule has 0 saturated heterocycles. The van der Waals surface area contributed by atoms with Crippen molar-refractivity contribution in [2.75, 3.05) is 13.2 Å². The molecular formula is C12H25BO2. The van der Waals surface area contributed by atoms with E-state index >= 15 is 0 Å². The number of rotatable bonds is 11. The molecule has 0 N–H and O–H groups in total. The van der Waals surface area contributed by atoms with Crippen molar-refractivity contribution in [3.8, 4) is 0 Å². The zero-order valence-electron chi connectivity index (χ0n) is 10.3. The largest absolute Gasteiger partial charge is 0.353 e. The van der Waals surface area contributed by atoms with Gasteiger partial charge < -0.3 is 9.47 Å². The van der Waals surface area contributed by atoms with Crippen molar-refractivity contribution < 1.29 is 9.47 Å². The number of hydrogen-bond acceptors (Lipinski definition) is 2. The van der Waals surface area contributed by atoms with Crippen molar-refractivity contribution in [3.63, 3.8) is 0 Å². The Morgan fingerprint density at radius 1 is 0.933 bits per heavy atom. The van der Waals surface area contributed by atoms with Crippen LogP contribution in [0.3, 0.4) is 0 Å². The van der Waals surface area contributed by atoms with Crippen LogP contribution in [0, 0.1) is 0 Å². The number of unbranched alkanes of at least 4 members (excludes halogenated alkanes) is 2. The first-order chi connectivity index (χ1) is 7.35. The summed E-state index contributed by atoms with van der Waals surface area (Å²) in [5.74, 6) is 0. The van der Waals surface area contributed by atoms with Crippen LogP contribution in [0.2, 0.25) is 6.32 Å². The number of hydrogen-bond donors (Lipinski definition) is 0. The minimum Gasteiger partial charge on any atom is -0.353 e. The highest BCUT2D eigenvalue weighted by Gasteiger charge is 2.07. The first kappa shape index (κ1) is 15.0. The second-order valence-electron chi connectivity index (χ2n) is 3.81. The van der Waals surface area contributed by atoms with Crippen LogP contribution in [0.4, 0.5) is 0 Å². The molecule has 0 aliphatic rings. The Balaban J connectivity index is 3.53. The van der Waals surface area contributed by atoms with Crippen LogP contribution < -0.4 is 0 Å². The van der Waals surface area contributed by atoms with Crippen LogP contribution >= 0.6 is 0 Å². The van der Waals surface area contributed by atoms with Gasteiger partial charge in [-0.3, -0.25) is 0 Å². The van der Waals surface area contributed by atoms with Crippen LogP contribution in [-0.4, -0.2) is 27.4 Å². The second kappa shape index (κ2) is 12.1. The maximum absolute atomic E-state index is 5.65. The molecule has 0 rings (SSSR count). The van der Waals surface area contributed by atoms with E-state index in [1.165, 1.54) is 12.8 Å². The average molecular weight is 212 g/mol. The third kappa shape index (κ3) is 10.3. The molecule has 0 fully saturated rings. The van der Waals surface area contributed by atoms with E-state index in [0.29, 0.717) is 6.32 Å². The lowest BCUT2D eigenvalue weighted by Gasteiger charge is -2.18. The Hall–Kier alpha value is -0.0151. The van der Waals surface area contributed by atoms with Crippen LogP contribution in [0.15, 0.2) is 0 Å². The molecule has 0 heterocycles. The molecule has 0 saturated carbocycles. The summed E-state index contributed by atoms with van der Waals surface area (Å²) in [5.41, 5.74) is 0.